The molecule has 1 aliphatic rings. The molecular formula is C13H15F3N6O2. The van der Waals surface area contributed by atoms with Crippen LogP contribution in [0.3, 0.4) is 0 Å². The van der Waals surface area contributed by atoms with Crippen molar-refractivity contribution in [1.82, 2.24) is 20.1 Å². The molecule has 1 fully saturated rings. The average molecular weight is 344 g/mol. The maximum absolute atomic E-state index is 12.9. The Morgan fingerprint density at radius 1 is 1.25 bits per heavy atom. The zero-order valence-electron chi connectivity index (χ0n) is 13.2. The van der Waals surface area contributed by atoms with Gasteiger partial charge in [0, 0.05) is 33.3 Å². The summed E-state index contributed by atoms with van der Waals surface area (Å²) in [6.07, 6.45) is -4.64. The smallest absolute Gasteiger partial charge is 0.451 e. The van der Waals surface area contributed by atoms with E-state index in [0.29, 0.717) is 24.9 Å². The Balaban J connectivity index is 1.75. The average Bonchev–Trinajstić information content (AvgIpc) is 2.94. The first kappa shape index (κ1) is 16.3. The van der Waals surface area contributed by atoms with Crippen LogP contribution in [0.25, 0.3) is 0 Å². The van der Waals surface area contributed by atoms with Crippen LogP contribution >= 0.6 is 0 Å². The molecule has 0 amide bonds. The number of alkyl halides is 3. The molecule has 0 aromatic carbocycles. The maximum Gasteiger partial charge on any atom is 0.451 e. The topological polar surface area (TPSA) is 80.4 Å². The van der Waals surface area contributed by atoms with Crippen LogP contribution in [0, 0.1) is 0 Å². The van der Waals surface area contributed by atoms with Gasteiger partial charge in [0.15, 0.2) is 0 Å². The summed E-state index contributed by atoms with van der Waals surface area (Å²) in [5.74, 6) is -0.366. The number of methoxy groups -OCH3 is 1. The SMILES string of the molecule is COc1cc(N2CC(c3nc(N(C)C)no3)C2)nc(C(F)(F)F)n1. The van der Waals surface area contributed by atoms with Crippen LogP contribution in [0.4, 0.5) is 24.9 Å². The van der Waals surface area contributed by atoms with E-state index in [1.165, 1.54) is 13.2 Å². The van der Waals surface area contributed by atoms with Crippen LogP contribution in [0.2, 0.25) is 0 Å². The summed E-state index contributed by atoms with van der Waals surface area (Å²) < 4.78 is 48.6. The molecule has 24 heavy (non-hydrogen) atoms. The quantitative estimate of drug-likeness (QED) is 0.827. The van der Waals surface area contributed by atoms with Crippen LogP contribution in [0.15, 0.2) is 10.6 Å². The zero-order chi connectivity index (χ0) is 17.5. The van der Waals surface area contributed by atoms with Crippen LogP contribution in [-0.2, 0) is 6.18 Å². The summed E-state index contributed by atoms with van der Waals surface area (Å²) >= 11 is 0. The van der Waals surface area contributed by atoms with Crippen molar-refractivity contribution in [3.8, 4) is 5.88 Å². The molecule has 0 spiro atoms. The predicted octanol–water partition coefficient (Wildman–Crippen LogP) is 1.56. The van der Waals surface area contributed by atoms with Gasteiger partial charge in [0.05, 0.1) is 13.0 Å². The summed E-state index contributed by atoms with van der Waals surface area (Å²) in [5.41, 5.74) is 0. The van der Waals surface area contributed by atoms with Gasteiger partial charge >= 0.3 is 6.18 Å². The molecule has 11 heteroatoms. The number of rotatable bonds is 4. The van der Waals surface area contributed by atoms with Gasteiger partial charge in [0.25, 0.3) is 5.95 Å². The van der Waals surface area contributed by atoms with E-state index in [0.717, 1.165) is 0 Å². The minimum absolute atomic E-state index is 0.0542. The van der Waals surface area contributed by atoms with Crippen molar-refractivity contribution in [3.63, 3.8) is 0 Å². The van der Waals surface area contributed by atoms with E-state index in [2.05, 4.69) is 20.1 Å². The number of halogens is 3. The molecule has 0 N–H and O–H groups in total. The molecule has 8 nitrogen and oxygen atoms in total. The molecule has 130 valence electrons. The van der Waals surface area contributed by atoms with Crippen molar-refractivity contribution in [2.45, 2.75) is 12.1 Å². The first-order valence-corrected chi connectivity index (χ1v) is 7.04. The van der Waals surface area contributed by atoms with Gasteiger partial charge in [0.1, 0.15) is 5.82 Å². The highest BCUT2D eigenvalue weighted by Gasteiger charge is 2.38. The number of nitrogens with zero attached hydrogens (tertiary/aromatic N) is 6. The van der Waals surface area contributed by atoms with E-state index in [-0.39, 0.29) is 17.6 Å². The Morgan fingerprint density at radius 3 is 2.50 bits per heavy atom. The largest absolute Gasteiger partial charge is 0.481 e. The van der Waals surface area contributed by atoms with Gasteiger partial charge in [-0.1, -0.05) is 0 Å². The lowest BCUT2D eigenvalue weighted by Crippen LogP contribution is -2.46. The number of hydrogen-bond donors (Lipinski definition) is 0. The summed E-state index contributed by atoms with van der Waals surface area (Å²) in [6, 6.07) is 1.37. The number of anilines is 2. The van der Waals surface area contributed by atoms with E-state index >= 15 is 0 Å². The molecule has 0 unspecified atom stereocenters. The molecule has 2 aromatic rings. The van der Waals surface area contributed by atoms with E-state index in [4.69, 9.17) is 9.26 Å². The predicted molar refractivity (Wildman–Crippen MR) is 77.2 cm³/mol. The van der Waals surface area contributed by atoms with E-state index in [1.807, 2.05) is 0 Å². The Kier molecular flexibility index (Phi) is 3.93. The molecule has 0 saturated carbocycles. The zero-order valence-corrected chi connectivity index (χ0v) is 13.2. The lowest BCUT2D eigenvalue weighted by Gasteiger charge is -2.38. The molecule has 0 bridgehead atoms. The lowest BCUT2D eigenvalue weighted by atomic mass is 10.0. The molecule has 2 aromatic heterocycles. The van der Waals surface area contributed by atoms with Crippen LogP contribution in [-0.4, -0.2) is 54.4 Å². The summed E-state index contributed by atoms with van der Waals surface area (Å²) in [6.45, 7) is 0.846. The number of ether oxygens (including phenoxy) is 1. The van der Waals surface area contributed by atoms with Gasteiger partial charge in [-0.2, -0.15) is 23.1 Å². The molecule has 1 saturated heterocycles. The van der Waals surface area contributed by atoms with Gasteiger partial charge in [-0.05, 0) is 5.16 Å². The van der Waals surface area contributed by atoms with Crippen molar-refractivity contribution in [2.75, 3.05) is 44.1 Å². The number of aromatic nitrogens is 4. The molecule has 0 atom stereocenters. The molecule has 1 aliphatic heterocycles. The fraction of sp³-hybridized carbons (Fsp3) is 0.538. The van der Waals surface area contributed by atoms with Crippen LogP contribution < -0.4 is 14.5 Å². The Hall–Kier alpha value is -2.59. The van der Waals surface area contributed by atoms with Crippen LogP contribution in [0.1, 0.15) is 17.6 Å². The van der Waals surface area contributed by atoms with E-state index in [9.17, 15) is 13.2 Å². The van der Waals surface area contributed by atoms with Gasteiger partial charge in [-0.3, -0.25) is 0 Å². The Morgan fingerprint density at radius 2 is 1.96 bits per heavy atom. The van der Waals surface area contributed by atoms with Crippen molar-refractivity contribution < 1.29 is 22.4 Å². The first-order valence-electron chi connectivity index (χ1n) is 7.04. The van der Waals surface area contributed by atoms with Crippen molar-refractivity contribution in [1.29, 1.82) is 0 Å². The van der Waals surface area contributed by atoms with Crippen molar-refractivity contribution in [2.24, 2.45) is 0 Å². The Bertz CT molecular complexity index is 727. The third kappa shape index (κ3) is 3.05. The molecular weight excluding hydrogens is 329 g/mol. The molecule has 0 aliphatic carbocycles. The molecule has 3 rings (SSSR count). The fourth-order valence-electron chi connectivity index (χ4n) is 2.20. The summed E-state index contributed by atoms with van der Waals surface area (Å²) in [7, 11) is 4.83. The van der Waals surface area contributed by atoms with Gasteiger partial charge in [-0.25, -0.2) is 4.98 Å². The third-order valence-corrected chi connectivity index (χ3v) is 3.54. The second-order valence-electron chi connectivity index (χ2n) is 5.52. The Labute approximate surface area is 135 Å². The van der Waals surface area contributed by atoms with E-state index in [1.54, 1.807) is 23.9 Å². The minimum Gasteiger partial charge on any atom is -0.481 e. The lowest BCUT2D eigenvalue weighted by molar-refractivity contribution is -0.145. The standard InChI is InChI=1S/C13H15F3N6O2/c1-21(2)12-19-10(24-20-12)7-5-22(6-7)8-4-9(23-3)18-11(17-8)13(14,15)16/h4,7H,5-6H2,1-3H3. The second kappa shape index (κ2) is 5.80. The van der Waals surface area contributed by atoms with Crippen molar-refractivity contribution in [3.05, 3.63) is 17.8 Å². The highest BCUT2D eigenvalue weighted by Crippen LogP contribution is 2.34. The van der Waals surface area contributed by atoms with Gasteiger partial charge < -0.3 is 19.1 Å². The fourth-order valence-corrected chi connectivity index (χ4v) is 2.20. The van der Waals surface area contributed by atoms with E-state index < -0.39 is 12.0 Å². The first-order chi connectivity index (χ1) is 11.3. The highest BCUT2D eigenvalue weighted by molar-refractivity contribution is 5.46. The summed E-state index contributed by atoms with van der Waals surface area (Å²) in [4.78, 5) is 14.5. The second-order valence-corrected chi connectivity index (χ2v) is 5.52. The normalized spacial score (nSPS) is 15.3. The highest BCUT2D eigenvalue weighted by atomic mass is 19.4. The van der Waals surface area contributed by atoms with Crippen molar-refractivity contribution >= 4 is 11.8 Å². The van der Waals surface area contributed by atoms with Crippen LogP contribution in [0.5, 0.6) is 5.88 Å². The monoisotopic (exact) mass is 344 g/mol. The maximum atomic E-state index is 12.9. The molecule has 0 radical (unpaired) electrons. The summed E-state index contributed by atoms with van der Waals surface area (Å²) in [5, 5.41) is 3.82. The number of hydrogen-bond acceptors (Lipinski definition) is 8. The third-order valence-electron chi connectivity index (χ3n) is 3.54. The van der Waals surface area contributed by atoms with Gasteiger partial charge in [0.2, 0.25) is 17.6 Å². The van der Waals surface area contributed by atoms with Gasteiger partial charge in [-0.15, -0.1) is 0 Å². The minimum atomic E-state index is -4.64. The molecule has 3 heterocycles.